The van der Waals surface area contributed by atoms with E-state index in [0.29, 0.717) is 0 Å². The molecule has 0 saturated heterocycles. The normalized spacial score (nSPS) is 20.2. The molecular formula is C22H24O2S. The average molecular weight is 352 g/mol. The van der Waals surface area contributed by atoms with E-state index >= 15 is 0 Å². The Balaban J connectivity index is 1.55. The number of rotatable bonds is 6. The molecule has 0 radical (unpaired) electrons. The van der Waals surface area contributed by atoms with Crippen molar-refractivity contribution in [2.75, 3.05) is 5.75 Å². The van der Waals surface area contributed by atoms with Crippen molar-refractivity contribution >= 4 is 17.7 Å². The van der Waals surface area contributed by atoms with E-state index in [0.717, 1.165) is 31.4 Å². The molecule has 130 valence electrons. The van der Waals surface area contributed by atoms with Crippen molar-refractivity contribution in [3.8, 4) is 11.1 Å². The smallest absolute Gasteiger partial charge is 0.311 e. The van der Waals surface area contributed by atoms with Crippen LogP contribution >= 0.6 is 11.8 Å². The predicted octanol–water partition coefficient (Wildman–Crippen LogP) is 5.44. The van der Waals surface area contributed by atoms with E-state index in [1.54, 1.807) is 0 Å². The lowest BCUT2D eigenvalue weighted by atomic mass is 10.0. The van der Waals surface area contributed by atoms with Crippen LogP contribution in [0.3, 0.4) is 0 Å². The number of thioether (sulfide) groups is 1. The number of carboxylic acids is 1. The molecule has 0 aromatic heterocycles. The Hall–Kier alpha value is -2.00. The maximum Gasteiger partial charge on any atom is 0.311 e. The topological polar surface area (TPSA) is 37.3 Å². The lowest BCUT2D eigenvalue weighted by Gasteiger charge is -2.19. The molecule has 1 N–H and O–H groups in total. The van der Waals surface area contributed by atoms with Crippen molar-refractivity contribution < 1.29 is 9.90 Å². The largest absolute Gasteiger partial charge is 0.481 e. The summed E-state index contributed by atoms with van der Waals surface area (Å²) in [5.41, 5.74) is 3.78. The van der Waals surface area contributed by atoms with Gasteiger partial charge in [-0.25, -0.2) is 0 Å². The summed E-state index contributed by atoms with van der Waals surface area (Å²) in [6.45, 7) is 0. The van der Waals surface area contributed by atoms with E-state index in [4.69, 9.17) is 0 Å². The van der Waals surface area contributed by atoms with Crippen LogP contribution < -0.4 is 0 Å². The predicted molar refractivity (Wildman–Crippen MR) is 106 cm³/mol. The average Bonchev–Trinajstić information content (AvgIpc) is 2.89. The van der Waals surface area contributed by atoms with E-state index in [1.165, 1.54) is 16.7 Å². The Morgan fingerprint density at radius 1 is 1.04 bits per heavy atom. The van der Waals surface area contributed by atoms with E-state index in [2.05, 4.69) is 48.5 Å². The van der Waals surface area contributed by atoms with Gasteiger partial charge in [-0.3, -0.25) is 4.79 Å². The Labute approximate surface area is 154 Å². The summed E-state index contributed by atoms with van der Waals surface area (Å²) in [6, 6.07) is 19.1. The number of carbonyl (C=O) groups is 1. The first-order valence-corrected chi connectivity index (χ1v) is 9.94. The highest BCUT2D eigenvalue weighted by molar-refractivity contribution is 7.99. The van der Waals surface area contributed by atoms with Gasteiger partial charge in [0, 0.05) is 5.25 Å². The maximum atomic E-state index is 11.5. The summed E-state index contributed by atoms with van der Waals surface area (Å²) in [7, 11) is 0. The fourth-order valence-electron chi connectivity index (χ4n) is 3.23. The zero-order chi connectivity index (χ0) is 17.5. The van der Waals surface area contributed by atoms with Gasteiger partial charge < -0.3 is 5.11 Å². The summed E-state index contributed by atoms with van der Waals surface area (Å²) >= 11 is 1.81. The highest BCUT2D eigenvalue weighted by Gasteiger charge is 2.26. The van der Waals surface area contributed by atoms with Crippen LogP contribution in [0.25, 0.3) is 11.1 Å². The molecule has 0 bridgehead atoms. The van der Waals surface area contributed by atoms with Crippen molar-refractivity contribution in [2.45, 2.75) is 30.9 Å². The minimum Gasteiger partial charge on any atom is -0.481 e. The highest BCUT2D eigenvalue weighted by Crippen LogP contribution is 2.30. The number of benzene rings is 2. The molecule has 3 heteroatoms. The first-order valence-electron chi connectivity index (χ1n) is 8.89. The summed E-state index contributed by atoms with van der Waals surface area (Å²) < 4.78 is 0. The second-order valence-electron chi connectivity index (χ2n) is 6.45. The molecular weight excluding hydrogens is 328 g/mol. The molecule has 1 aliphatic rings. The quantitative estimate of drug-likeness (QED) is 0.704. The molecule has 0 spiro atoms. The van der Waals surface area contributed by atoms with Crippen molar-refractivity contribution in [3.63, 3.8) is 0 Å². The number of hydrogen-bond acceptors (Lipinski definition) is 2. The van der Waals surface area contributed by atoms with Crippen LogP contribution in [0.4, 0.5) is 0 Å². The third kappa shape index (κ3) is 4.99. The van der Waals surface area contributed by atoms with Crippen molar-refractivity contribution in [1.29, 1.82) is 0 Å². The fourth-order valence-corrected chi connectivity index (χ4v) is 4.64. The van der Waals surface area contributed by atoms with Gasteiger partial charge in [0.05, 0.1) is 5.92 Å². The Bertz CT molecular complexity index is 707. The minimum atomic E-state index is -0.692. The number of hydrogen-bond donors (Lipinski definition) is 1. The Morgan fingerprint density at radius 3 is 2.48 bits per heavy atom. The van der Waals surface area contributed by atoms with Crippen molar-refractivity contribution in [1.82, 2.24) is 0 Å². The summed E-state index contributed by atoms with van der Waals surface area (Å²) in [4.78, 5) is 11.5. The van der Waals surface area contributed by atoms with Crippen LogP contribution in [-0.2, 0) is 11.2 Å². The molecule has 0 saturated carbocycles. The molecule has 0 fully saturated rings. The lowest BCUT2D eigenvalue weighted by molar-refractivity contribution is -0.140. The van der Waals surface area contributed by atoms with Gasteiger partial charge in [-0.05, 0) is 48.1 Å². The Kier molecular flexibility index (Phi) is 6.35. The molecule has 1 aliphatic carbocycles. The van der Waals surface area contributed by atoms with E-state index in [9.17, 15) is 9.90 Å². The molecule has 0 heterocycles. The minimum absolute atomic E-state index is 0.194. The third-order valence-corrected chi connectivity index (χ3v) is 6.07. The Morgan fingerprint density at radius 2 is 1.76 bits per heavy atom. The van der Waals surface area contributed by atoms with Gasteiger partial charge in [0.25, 0.3) is 0 Å². The van der Waals surface area contributed by atoms with Gasteiger partial charge in [-0.2, -0.15) is 11.8 Å². The molecule has 25 heavy (non-hydrogen) atoms. The van der Waals surface area contributed by atoms with E-state index in [-0.39, 0.29) is 11.2 Å². The zero-order valence-corrected chi connectivity index (χ0v) is 15.1. The molecule has 2 unspecified atom stereocenters. The second-order valence-corrected chi connectivity index (χ2v) is 7.79. The van der Waals surface area contributed by atoms with Crippen LogP contribution in [0, 0.1) is 5.92 Å². The van der Waals surface area contributed by atoms with E-state index in [1.807, 2.05) is 30.0 Å². The van der Waals surface area contributed by atoms with Crippen LogP contribution in [0.1, 0.15) is 24.8 Å². The van der Waals surface area contributed by atoms with Crippen LogP contribution in [0.15, 0.2) is 66.7 Å². The summed E-state index contributed by atoms with van der Waals surface area (Å²) in [5, 5.41) is 9.62. The highest BCUT2D eigenvalue weighted by atomic mass is 32.2. The van der Waals surface area contributed by atoms with Crippen molar-refractivity contribution in [3.05, 3.63) is 72.3 Å². The third-order valence-electron chi connectivity index (χ3n) is 4.67. The summed E-state index contributed by atoms with van der Waals surface area (Å²) in [5.74, 6) is -0.0664. The van der Waals surface area contributed by atoms with Crippen LogP contribution in [0.2, 0.25) is 0 Å². The monoisotopic (exact) mass is 352 g/mol. The molecule has 2 atom stereocenters. The second kappa shape index (κ2) is 8.91. The number of aliphatic carboxylic acids is 1. The van der Waals surface area contributed by atoms with Gasteiger partial charge in [0.2, 0.25) is 0 Å². The first-order chi connectivity index (χ1) is 12.2. The van der Waals surface area contributed by atoms with Crippen LogP contribution in [-0.4, -0.2) is 22.1 Å². The SMILES string of the molecule is O=C(O)C1C=CCCCC1SCCc1ccc(-c2ccccc2)cc1. The van der Waals surface area contributed by atoms with Gasteiger partial charge in [-0.15, -0.1) is 0 Å². The zero-order valence-electron chi connectivity index (χ0n) is 14.3. The molecule has 2 nitrogen and oxygen atoms in total. The fraction of sp³-hybridized carbons (Fsp3) is 0.318. The molecule has 2 aromatic carbocycles. The van der Waals surface area contributed by atoms with Crippen LogP contribution in [0.5, 0.6) is 0 Å². The van der Waals surface area contributed by atoms with Crippen molar-refractivity contribution in [2.24, 2.45) is 5.92 Å². The first kappa shape index (κ1) is 17.8. The van der Waals surface area contributed by atoms with Gasteiger partial charge in [0.15, 0.2) is 0 Å². The molecule has 0 aliphatic heterocycles. The molecule has 2 aromatic rings. The number of carboxylic acid groups (broad SMARTS) is 1. The van der Waals surface area contributed by atoms with E-state index < -0.39 is 5.97 Å². The van der Waals surface area contributed by atoms with Gasteiger partial charge >= 0.3 is 5.97 Å². The lowest BCUT2D eigenvalue weighted by Crippen LogP contribution is -2.23. The molecule has 3 rings (SSSR count). The number of aryl methyl sites for hydroxylation is 1. The standard InChI is InChI=1S/C22H24O2S/c23-22(24)20-9-5-2-6-10-21(20)25-16-15-17-11-13-19(14-12-17)18-7-3-1-4-8-18/h1,3-5,7-9,11-14,20-21H,2,6,10,15-16H2,(H,23,24). The van der Waals surface area contributed by atoms with Gasteiger partial charge in [0.1, 0.15) is 0 Å². The summed E-state index contributed by atoms with van der Waals surface area (Å²) in [6.07, 6.45) is 7.97. The maximum absolute atomic E-state index is 11.5. The molecule has 0 amide bonds. The number of allylic oxidation sites excluding steroid dienone is 1. The van der Waals surface area contributed by atoms with Gasteiger partial charge in [-0.1, -0.05) is 66.7 Å².